The number of carboxylic acids is 3. The Bertz CT molecular complexity index is 3510. The number of quaternary nitrogens is 1. The fourth-order valence-corrected chi connectivity index (χ4v) is 11.8. The summed E-state index contributed by atoms with van der Waals surface area (Å²) in [6.07, 6.45) is 7.43. The monoisotopic (exact) mass is 1570 g/mol. The fourth-order valence-electron chi connectivity index (χ4n) is 9.54. The number of aromatic nitrogens is 3. The predicted octanol–water partition coefficient (Wildman–Crippen LogP) is -2.41. The van der Waals surface area contributed by atoms with Crippen LogP contribution in [0, 0.1) is 60.8 Å². The van der Waals surface area contributed by atoms with Crippen molar-refractivity contribution in [2.24, 2.45) is 7.05 Å². The number of sulfonamides is 1. The van der Waals surface area contributed by atoms with Crippen LogP contribution in [0.4, 0.5) is 5.95 Å². The van der Waals surface area contributed by atoms with Crippen LogP contribution in [0.3, 0.4) is 0 Å². The molecule has 2 heterocycles. The number of aromatic amines is 1. The zero-order valence-electron chi connectivity index (χ0n) is 55.6. The van der Waals surface area contributed by atoms with Gasteiger partial charge < -0.3 is 95.5 Å². The maximum atomic E-state index is 13.6. The number of amides is 3. The number of fused-ring (bicyclic) bond motifs is 1. The van der Waals surface area contributed by atoms with Gasteiger partial charge in [-0.05, 0) is 87.7 Å². The van der Waals surface area contributed by atoms with E-state index in [-0.39, 0.29) is 174 Å². The number of nitrogens with zero attached hydrogens (tertiary/aromatic N) is 5. The molecular formula is C60H94GdN12O23S2+3. The van der Waals surface area contributed by atoms with Gasteiger partial charge in [0.2, 0.25) is 33.0 Å². The number of ketones is 1. The van der Waals surface area contributed by atoms with Crippen molar-refractivity contribution in [2.75, 3.05) is 151 Å². The normalized spacial score (nSPS) is 12.8. The number of rotatable bonds is 48. The van der Waals surface area contributed by atoms with Crippen molar-refractivity contribution in [3.05, 3.63) is 100 Å². The average molecular weight is 1570 g/mol. The third kappa shape index (κ3) is 33.9. The second-order valence-electron chi connectivity index (χ2n) is 22.4. The number of carbonyl (C=O) groups excluding carboxylic acids is 4. The zero-order valence-corrected chi connectivity index (χ0v) is 59.6. The van der Waals surface area contributed by atoms with Gasteiger partial charge in [-0.15, -0.1) is 0 Å². The minimum atomic E-state index is -4.71. The molecule has 0 aliphatic carbocycles. The number of hydrogen-bond acceptors (Lipinski definition) is 23. The molecule has 0 saturated heterocycles. The van der Waals surface area contributed by atoms with Crippen molar-refractivity contribution in [1.29, 1.82) is 0 Å². The fraction of sp³-hybridized carbons (Fsp3) is 0.533. The minimum Gasteiger partial charge on any atom is -0.494 e. The van der Waals surface area contributed by atoms with Crippen molar-refractivity contribution >= 4 is 78.4 Å². The van der Waals surface area contributed by atoms with Gasteiger partial charge in [-0.1, -0.05) is 12.1 Å². The molecule has 1 unspecified atom stereocenters. The summed E-state index contributed by atoms with van der Waals surface area (Å²) < 4.78 is 86.9. The molecule has 1 radical (unpaired) electrons. The summed E-state index contributed by atoms with van der Waals surface area (Å²) in [6, 6.07) is 4.70. The van der Waals surface area contributed by atoms with Crippen LogP contribution in [0.5, 0.6) is 5.75 Å². The van der Waals surface area contributed by atoms with E-state index in [1.54, 1.807) is 42.2 Å². The van der Waals surface area contributed by atoms with Crippen LogP contribution in [0.15, 0.2) is 70.4 Å². The molecule has 38 heteroatoms. The Balaban J connectivity index is 0.0000119. The summed E-state index contributed by atoms with van der Waals surface area (Å²) in [7, 11) is 0.397. The second kappa shape index (κ2) is 45.8. The van der Waals surface area contributed by atoms with Crippen LogP contribution in [0.25, 0.3) is 10.9 Å². The number of likely N-dealkylation sites (N-methyl/N-ethyl adjacent to an activating group) is 2. The largest absolute Gasteiger partial charge is 3.00 e. The van der Waals surface area contributed by atoms with Crippen molar-refractivity contribution in [2.45, 2.75) is 63.1 Å². The number of nitrogens with one attached hydrogen (secondary N) is 7. The summed E-state index contributed by atoms with van der Waals surface area (Å²) in [5, 5.41) is 58.8. The molecule has 4 aromatic rings. The van der Waals surface area contributed by atoms with E-state index < -0.39 is 105 Å². The number of hydrogen-bond donors (Lipinski definition) is 13. The Labute approximate surface area is 600 Å². The van der Waals surface area contributed by atoms with E-state index in [1.165, 1.54) is 62.1 Å². The number of carbonyl (C=O) groups is 7. The van der Waals surface area contributed by atoms with Crippen molar-refractivity contribution in [3.8, 4) is 5.75 Å². The van der Waals surface area contributed by atoms with Gasteiger partial charge in [-0.3, -0.25) is 50.1 Å². The summed E-state index contributed by atoms with van der Waals surface area (Å²) in [6.45, 7) is 3.20. The number of ether oxygens (including phenoxy) is 4. The molecule has 4 rings (SSSR count). The molecule has 0 saturated carbocycles. The van der Waals surface area contributed by atoms with E-state index in [1.807, 2.05) is 0 Å². The van der Waals surface area contributed by atoms with Crippen LogP contribution in [0.1, 0.15) is 52.7 Å². The molecule has 35 nitrogen and oxygen atoms in total. The van der Waals surface area contributed by atoms with Gasteiger partial charge in [0.1, 0.15) is 42.3 Å². The summed E-state index contributed by atoms with van der Waals surface area (Å²) in [4.78, 5) is 109. The van der Waals surface area contributed by atoms with Crippen molar-refractivity contribution in [1.82, 2.24) is 50.3 Å². The number of aliphatic hydroxyl groups excluding tert-OH is 2. The molecule has 0 aliphatic heterocycles. The summed E-state index contributed by atoms with van der Waals surface area (Å²) in [5.41, 5.74) is 1.21. The number of carboxylic acid groups (broad SMARTS) is 3. The third-order valence-corrected chi connectivity index (χ3v) is 16.6. The number of aryl methyl sites for hydroxylation is 3. The van der Waals surface area contributed by atoms with Gasteiger partial charge >= 0.3 is 57.8 Å². The Morgan fingerprint density at radius 2 is 1.46 bits per heavy atom. The zero-order chi connectivity index (χ0) is 71.6. The van der Waals surface area contributed by atoms with Gasteiger partial charge in [0.25, 0.3) is 16.0 Å². The average Bonchev–Trinajstić information content (AvgIpc) is 0.814. The predicted molar refractivity (Wildman–Crippen MR) is 353 cm³/mol. The maximum absolute atomic E-state index is 13.6. The molecule has 0 bridgehead atoms. The van der Waals surface area contributed by atoms with E-state index in [9.17, 15) is 80.2 Å². The number of Topliss-reactive ketones (excluding diaryl/α,β-unsaturated/α-hetero) is 1. The number of imidazole rings is 1. The Hall–Kier alpha value is -6.73. The summed E-state index contributed by atoms with van der Waals surface area (Å²) in [5.74, 6) is -6.48. The molecule has 0 aliphatic rings. The van der Waals surface area contributed by atoms with Crippen LogP contribution >= 0.6 is 0 Å². The first-order chi connectivity index (χ1) is 45.4. The van der Waals surface area contributed by atoms with Gasteiger partial charge in [-0.25, -0.2) is 18.2 Å². The molecule has 2 aromatic heterocycles. The Morgan fingerprint density at radius 1 is 0.837 bits per heavy atom. The molecule has 3 amide bonds. The Kier molecular flexibility index (Phi) is 41.8. The molecule has 0 spiro atoms. The molecule has 98 heavy (non-hydrogen) atoms. The number of anilines is 1. The summed E-state index contributed by atoms with van der Waals surface area (Å²) >= 11 is 0. The number of pyridine rings is 1. The van der Waals surface area contributed by atoms with Crippen LogP contribution < -0.4 is 41.5 Å². The SMILES string of the molecule is CO.O.[CH2-]N(C/C=C(/CN(C)CC(=O)O)N[C@@H](CS(=O)(=O)O)C(=O)NCCCOCCOCCOCCCNC(=O)CCCOc1cc(C)c(S(=O)(=O)N[C@@H](CNC(=O)c2cn(C)c3cc(CNc4ncc[nH]4)ccc3c2=O)C(=O)O)c(C)c1)CC[N+](C)(CC(=O)O)CC(=O)CO.[Gd+3]. The minimum absolute atomic E-state index is 0. The smallest absolute Gasteiger partial charge is 0.494 e. The van der Waals surface area contributed by atoms with E-state index in [2.05, 4.69) is 48.3 Å². The van der Waals surface area contributed by atoms with Gasteiger partial charge in [-0.2, -0.15) is 13.1 Å². The molecule has 549 valence electrons. The molecule has 0 fully saturated rings. The number of H-pyrrole nitrogens is 1. The van der Waals surface area contributed by atoms with E-state index in [0.717, 1.165) is 12.7 Å². The van der Waals surface area contributed by atoms with E-state index in [0.29, 0.717) is 56.2 Å². The van der Waals surface area contributed by atoms with Gasteiger partial charge in [0, 0.05) is 103 Å². The standard InChI is InChI=1S/C59H88N12O21S2.CH4O.Gd.H2O/c1-40-28-45(29-41(2)55(40)94(87,88)67-48(58(82)83)32-64-56(80)47-34-70(5)50-30-42(11-12-46(50)54(47)79)31-65-59-62-16-17-63-59)92-23-7-10-51(74)60-14-8-21-89-24-26-91-27-25-90-22-9-15-61-57(81)49(39-93(84,85)86)66-43(33-69(4)35-52(75)76)13-18-68(3)19-20-71(6,37-53(77)78)36-44(73)38-72;1-2;;/h11-13,16-17,28-30,34,48-49,66-67,72H,3,7-10,14-15,18-27,31-33,35-39H2,1-2,4-6H3,(H,60,74)(H,61,81)(H,64,80)(H,75,76)(H,77,78)(H,82,83)(H2,62,63,65)(H,84,85,86);2H,1H3;;1H2/q;;+3;/b43-13-;;;/t48-,49-,71?;;;/m0.../s1. The topological polar surface area (TPSA) is 507 Å². The maximum Gasteiger partial charge on any atom is 3.00 e. The number of aliphatic carboxylic acids is 3. The van der Waals surface area contributed by atoms with Crippen LogP contribution in [-0.2, 0) is 76.7 Å². The van der Waals surface area contributed by atoms with Crippen molar-refractivity contribution in [3.63, 3.8) is 0 Å². The number of aliphatic hydroxyl groups is 2. The first-order valence-electron chi connectivity index (χ1n) is 30.3. The molecular weight excluding hydrogens is 1480 g/mol. The first-order valence-corrected chi connectivity index (χ1v) is 33.4. The van der Waals surface area contributed by atoms with E-state index in [4.69, 9.17) is 24.1 Å². The van der Waals surface area contributed by atoms with E-state index >= 15 is 0 Å². The first kappa shape index (κ1) is 89.3. The molecule has 2 aromatic carbocycles. The Morgan fingerprint density at radius 3 is 2.03 bits per heavy atom. The van der Waals surface area contributed by atoms with Crippen LogP contribution in [0.2, 0.25) is 0 Å². The third-order valence-electron chi connectivity index (χ3n) is 14.0. The van der Waals surface area contributed by atoms with Crippen LogP contribution in [-0.4, -0.2) is 280 Å². The van der Waals surface area contributed by atoms with Gasteiger partial charge in [0.15, 0.2) is 12.5 Å². The quantitative estimate of drug-likeness (QED) is 0.00948. The second-order valence-corrected chi connectivity index (χ2v) is 25.6. The molecule has 3 atom stereocenters. The van der Waals surface area contributed by atoms with Crippen molar-refractivity contribution < 1.29 is 149 Å². The number of benzene rings is 2. The van der Waals surface area contributed by atoms with Gasteiger partial charge in [0.05, 0.1) is 63.6 Å². The molecule has 15 N–H and O–H groups in total.